The Kier molecular flexibility index (Phi) is 3.64. The fourth-order valence-corrected chi connectivity index (χ4v) is 2.53. The number of hydrogen-bond acceptors (Lipinski definition) is 4. The maximum Gasteiger partial charge on any atom is 0.191 e. The van der Waals surface area contributed by atoms with Crippen molar-refractivity contribution >= 4 is 33.1 Å². The Balaban J connectivity index is 2.06. The average Bonchev–Trinajstić information content (AvgIpc) is 2.71. The highest BCUT2D eigenvalue weighted by Crippen LogP contribution is 2.22. The largest absolute Gasteiger partial charge is 0.300 e. The zero-order chi connectivity index (χ0) is 12.3. The number of Topliss-reactive ketones (excluding diaryl/α,β-unsaturated/α-hetero) is 2. The number of aromatic nitrogens is 1. The van der Waals surface area contributed by atoms with Gasteiger partial charge in [-0.3, -0.25) is 4.79 Å². The van der Waals surface area contributed by atoms with Crippen molar-refractivity contribution in [1.29, 1.82) is 0 Å². The van der Waals surface area contributed by atoms with E-state index in [2.05, 4.69) is 4.98 Å². The smallest absolute Gasteiger partial charge is 0.191 e. The molecule has 0 aliphatic heterocycles. The predicted molar refractivity (Wildman–Crippen MR) is 68.5 cm³/mol. The number of nitrogens with zero attached hydrogens (tertiary/aromatic N) is 1. The Labute approximate surface area is 103 Å². The van der Waals surface area contributed by atoms with Gasteiger partial charge in [0.1, 0.15) is 5.78 Å². The van der Waals surface area contributed by atoms with Crippen LogP contribution in [0.15, 0.2) is 24.3 Å². The van der Waals surface area contributed by atoms with Crippen LogP contribution in [-0.2, 0) is 4.79 Å². The molecule has 0 atom stereocenters. The molecule has 3 nitrogen and oxygen atoms in total. The first-order chi connectivity index (χ1) is 8.16. The quantitative estimate of drug-likeness (QED) is 0.762. The molecule has 0 bridgehead atoms. The standard InChI is InChI=1S/C13H13NO2S/c1-9(15)5-4-7-11(16)13-14-10-6-2-3-8-12(10)17-13/h2-3,6,8H,4-5,7H2,1H3. The van der Waals surface area contributed by atoms with Crippen molar-refractivity contribution in [3.63, 3.8) is 0 Å². The van der Waals surface area contributed by atoms with Crippen LogP contribution in [-0.4, -0.2) is 16.6 Å². The molecule has 0 radical (unpaired) electrons. The molecule has 1 aromatic heterocycles. The number of carbonyl (C=O) groups excluding carboxylic acids is 2. The van der Waals surface area contributed by atoms with Crippen LogP contribution in [0.25, 0.3) is 10.2 Å². The maximum absolute atomic E-state index is 11.8. The first kappa shape index (κ1) is 11.9. The normalized spacial score (nSPS) is 10.6. The van der Waals surface area contributed by atoms with Gasteiger partial charge < -0.3 is 4.79 Å². The molecular weight excluding hydrogens is 234 g/mol. The number of rotatable bonds is 5. The molecule has 0 aliphatic rings. The lowest BCUT2D eigenvalue weighted by Gasteiger charge is -1.94. The molecule has 2 aromatic rings. The van der Waals surface area contributed by atoms with Gasteiger partial charge in [0.15, 0.2) is 10.8 Å². The van der Waals surface area contributed by atoms with Crippen LogP contribution >= 0.6 is 11.3 Å². The highest BCUT2D eigenvalue weighted by Gasteiger charge is 2.11. The summed E-state index contributed by atoms with van der Waals surface area (Å²) < 4.78 is 1.03. The number of benzene rings is 1. The van der Waals surface area contributed by atoms with Gasteiger partial charge in [-0.25, -0.2) is 4.98 Å². The summed E-state index contributed by atoms with van der Waals surface area (Å²) in [5.41, 5.74) is 0.868. The Morgan fingerprint density at radius 3 is 2.71 bits per heavy atom. The fraction of sp³-hybridized carbons (Fsp3) is 0.308. The predicted octanol–water partition coefficient (Wildman–Crippen LogP) is 3.24. The molecule has 4 heteroatoms. The molecule has 17 heavy (non-hydrogen) atoms. The minimum atomic E-state index is 0.0347. The number of carbonyl (C=O) groups is 2. The van der Waals surface area contributed by atoms with E-state index >= 15 is 0 Å². The van der Waals surface area contributed by atoms with Gasteiger partial charge in [-0.1, -0.05) is 12.1 Å². The van der Waals surface area contributed by atoms with E-state index in [-0.39, 0.29) is 11.6 Å². The Bertz CT molecular complexity index is 526. The fourth-order valence-electron chi connectivity index (χ4n) is 1.60. The Morgan fingerprint density at radius 2 is 2.00 bits per heavy atom. The minimum Gasteiger partial charge on any atom is -0.300 e. The molecule has 0 saturated carbocycles. The monoisotopic (exact) mass is 247 g/mol. The molecule has 0 fully saturated rings. The zero-order valence-electron chi connectivity index (χ0n) is 9.60. The lowest BCUT2D eigenvalue weighted by molar-refractivity contribution is -0.117. The SMILES string of the molecule is CC(=O)CCCC(=O)c1nc2ccccc2s1. The third kappa shape index (κ3) is 2.97. The summed E-state index contributed by atoms with van der Waals surface area (Å²) in [5.74, 6) is 0.162. The van der Waals surface area contributed by atoms with E-state index in [9.17, 15) is 9.59 Å². The van der Waals surface area contributed by atoms with E-state index in [4.69, 9.17) is 0 Å². The van der Waals surface area contributed by atoms with Gasteiger partial charge >= 0.3 is 0 Å². The van der Waals surface area contributed by atoms with Crippen LogP contribution in [0.1, 0.15) is 36.0 Å². The molecule has 0 N–H and O–H groups in total. The zero-order valence-corrected chi connectivity index (χ0v) is 10.4. The molecule has 0 saturated heterocycles. The van der Waals surface area contributed by atoms with Crippen LogP contribution in [0.3, 0.4) is 0 Å². The number of para-hydroxylation sites is 1. The first-order valence-corrected chi connectivity index (χ1v) is 6.36. The second-order valence-electron chi connectivity index (χ2n) is 3.97. The lowest BCUT2D eigenvalue weighted by Crippen LogP contribution is -1.99. The summed E-state index contributed by atoms with van der Waals surface area (Å²) in [5, 5.41) is 0.551. The van der Waals surface area contributed by atoms with Gasteiger partial charge in [0.2, 0.25) is 0 Å². The number of thiazole rings is 1. The van der Waals surface area contributed by atoms with Crippen LogP contribution in [0.2, 0.25) is 0 Å². The van der Waals surface area contributed by atoms with Crippen LogP contribution in [0.5, 0.6) is 0 Å². The molecule has 1 heterocycles. The molecule has 0 spiro atoms. The van der Waals surface area contributed by atoms with Crippen molar-refractivity contribution in [1.82, 2.24) is 4.98 Å². The molecule has 88 valence electrons. The number of fused-ring (bicyclic) bond motifs is 1. The molecule has 0 amide bonds. The van der Waals surface area contributed by atoms with Gasteiger partial charge in [-0.05, 0) is 25.5 Å². The minimum absolute atomic E-state index is 0.0347. The second-order valence-corrected chi connectivity index (χ2v) is 5.00. The van der Waals surface area contributed by atoms with E-state index in [0.29, 0.717) is 24.3 Å². The molecule has 2 rings (SSSR count). The van der Waals surface area contributed by atoms with Crippen LogP contribution < -0.4 is 0 Å². The summed E-state index contributed by atoms with van der Waals surface area (Å²) in [6.45, 7) is 1.54. The van der Waals surface area contributed by atoms with Crippen LogP contribution in [0.4, 0.5) is 0 Å². The average molecular weight is 247 g/mol. The van der Waals surface area contributed by atoms with Crippen molar-refractivity contribution in [2.45, 2.75) is 26.2 Å². The van der Waals surface area contributed by atoms with E-state index in [1.165, 1.54) is 11.3 Å². The number of ketones is 2. The second kappa shape index (κ2) is 5.19. The van der Waals surface area contributed by atoms with Gasteiger partial charge in [0, 0.05) is 12.8 Å². The van der Waals surface area contributed by atoms with Crippen molar-refractivity contribution in [3.8, 4) is 0 Å². The third-order valence-electron chi connectivity index (χ3n) is 2.47. The third-order valence-corrected chi connectivity index (χ3v) is 3.54. The Hall–Kier alpha value is -1.55. The topological polar surface area (TPSA) is 47.0 Å². The summed E-state index contributed by atoms with van der Waals surface area (Å²) in [4.78, 5) is 26.9. The summed E-state index contributed by atoms with van der Waals surface area (Å²) in [6.07, 6.45) is 1.49. The molecule has 0 aliphatic carbocycles. The van der Waals surface area contributed by atoms with Crippen molar-refractivity contribution in [2.24, 2.45) is 0 Å². The maximum atomic E-state index is 11.8. The van der Waals surface area contributed by atoms with Crippen LogP contribution in [0, 0.1) is 0 Å². The highest BCUT2D eigenvalue weighted by molar-refractivity contribution is 7.20. The van der Waals surface area contributed by atoms with Gasteiger partial charge in [0.25, 0.3) is 0 Å². The molecule has 0 unspecified atom stereocenters. The summed E-state index contributed by atoms with van der Waals surface area (Å²) >= 11 is 1.42. The van der Waals surface area contributed by atoms with Gasteiger partial charge in [-0.2, -0.15) is 0 Å². The summed E-state index contributed by atoms with van der Waals surface area (Å²) in [7, 11) is 0. The van der Waals surface area contributed by atoms with E-state index in [1.54, 1.807) is 6.92 Å². The van der Waals surface area contributed by atoms with Crippen molar-refractivity contribution in [3.05, 3.63) is 29.3 Å². The van der Waals surface area contributed by atoms with E-state index in [0.717, 1.165) is 10.2 Å². The number of hydrogen-bond donors (Lipinski definition) is 0. The molecular formula is C13H13NO2S. The lowest BCUT2D eigenvalue weighted by atomic mass is 10.1. The highest BCUT2D eigenvalue weighted by atomic mass is 32.1. The first-order valence-electron chi connectivity index (χ1n) is 5.55. The van der Waals surface area contributed by atoms with E-state index < -0.39 is 0 Å². The van der Waals surface area contributed by atoms with Gasteiger partial charge in [-0.15, -0.1) is 11.3 Å². The van der Waals surface area contributed by atoms with E-state index in [1.807, 2.05) is 24.3 Å². The van der Waals surface area contributed by atoms with Crippen molar-refractivity contribution < 1.29 is 9.59 Å². The van der Waals surface area contributed by atoms with Gasteiger partial charge in [0.05, 0.1) is 10.2 Å². The summed E-state index contributed by atoms with van der Waals surface area (Å²) in [6, 6.07) is 7.70. The molecule has 1 aromatic carbocycles. The Morgan fingerprint density at radius 1 is 1.24 bits per heavy atom. The van der Waals surface area contributed by atoms with Crippen molar-refractivity contribution in [2.75, 3.05) is 0 Å².